The van der Waals surface area contributed by atoms with E-state index >= 15 is 0 Å². The van der Waals surface area contributed by atoms with Crippen LogP contribution in [0.4, 0.5) is 5.82 Å². The fourth-order valence-corrected chi connectivity index (χ4v) is 1.77. The van der Waals surface area contributed by atoms with Gasteiger partial charge in [-0.2, -0.15) is 0 Å². The number of pyridine rings is 1. The highest BCUT2D eigenvalue weighted by molar-refractivity contribution is 7.80. The molecule has 1 heterocycles. The van der Waals surface area contributed by atoms with Crippen molar-refractivity contribution in [2.45, 2.75) is 33.6 Å². The molecule has 0 radical (unpaired) electrons. The van der Waals surface area contributed by atoms with Gasteiger partial charge in [-0.15, -0.1) is 0 Å². The van der Waals surface area contributed by atoms with Crippen molar-refractivity contribution in [1.29, 1.82) is 0 Å². The fraction of sp³-hybridized carbons (Fsp3) is 0.538. The number of rotatable bonds is 6. The first-order chi connectivity index (χ1) is 8.00. The minimum atomic E-state index is 0.392. The third-order valence-corrected chi connectivity index (χ3v) is 2.77. The number of nitrogens with one attached hydrogen (secondary N) is 1. The summed E-state index contributed by atoms with van der Waals surface area (Å²) >= 11 is 5.01. The largest absolute Gasteiger partial charge is 0.389 e. The van der Waals surface area contributed by atoms with E-state index in [1.165, 1.54) is 6.42 Å². The molecule has 1 aromatic rings. The Morgan fingerprint density at radius 2 is 2.18 bits per heavy atom. The number of thiocarbonyl (C=S) groups is 1. The van der Waals surface area contributed by atoms with Crippen LogP contribution in [0.1, 0.15) is 37.9 Å². The van der Waals surface area contributed by atoms with Gasteiger partial charge in [0, 0.05) is 12.2 Å². The normalized spacial score (nSPS) is 10.6. The second-order valence-corrected chi connectivity index (χ2v) is 5.12. The van der Waals surface area contributed by atoms with Crippen LogP contribution in [-0.2, 0) is 0 Å². The van der Waals surface area contributed by atoms with Gasteiger partial charge in [0.1, 0.15) is 10.8 Å². The highest BCUT2D eigenvalue weighted by Crippen LogP contribution is 2.14. The van der Waals surface area contributed by atoms with Gasteiger partial charge in [-0.05, 0) is 37.8 Å². The van der Waals surface area contributed by atoms with Crippen molar-refractivity contribution in [2.75, 3.05) is 11.9 Å². The van der Waals surface area contributed by atoms with Gasteiger partial charge in [0.05, 0.1) is 5.56 Å². The van der Waals surface area contributed by atoms with Crippen LogP contribution in [0.5, 0.6) is 0 Å². The molecule has 1 aromatic heterocycles. The van der Waals surface area contributed by atoms with E-state index in [4.69, 9.17) is 18.0 Å². The number of hydrogen-bond acceptors (Lipinski definition) is 3. The molecule has 0 fully saturated rings. The van der Waals surface area contributed by atoms with E-state index in [-0.39, 0.29) is 0 Å². The Kier molecular flexibility index (Phi) is 5.35. The van der Waals surface area contributed by atoms with Gasteiger partial charge in [0.2, 0.25) is 0 Å². The van der Waals surface area contributed by atoms with Gasteiger partial charge in [0.15, 0.2) is 0 Å². The summed E-state index contributed by atoms with van der Waals surface area (Å²) in [5.41, 5.74) is 7.47. The lowest BCUT2D eigenvalue weighted by atomic mass is 10.1. The molecule has 94 valence electrons. The first-order valence-electron chi connectivity index (χ1n) is 6.02. The molecule has 0 aliphatic heterocycles. The summed E-state index contributed by atoms with van der Waals surface area (Å²) in [6, 6.07) is 3.85. The zero-order valence-electron chi connectivity index (χ0n) is 10.8. The molecule has 0 spiro atoms. The topological polar surface area (TPSA) is 50.9 Å². The first-order valence-corrected chi connectivity index (χ1v) is 6.43. The molecule has 3 N–H and O–H groups in total. The van der Waals surface area contributed by atoms with Crippen molar-refractivity contribution in [3.8, 4) is 0 Å². The lowest BCUT2D eigenvalue weighted by Gasteiger charge is -2.11. The van der Waals surface area contributed by atoms with E-state index in [9.17, 15) is 0 Å². The summed E-state index contributed by atoms with van der Waals surface area (Å²) in [4.78, 5) is 4.82. The quantitative estimate of drug-likeness (QED) is 0.603. The SMILES string of the molecule is Cc1ccc(C(N)=S)c(NCCCC(C)C)n1. The average Bonchev–Trinajstić information content (AvgIpc) is 2.23. The summed E-state index contributed by atoms with van der Waals surface area (Å²) in [6.07, 6.45) is 2.34. The second-order valence-electron chi connectivity index (χ2n) is 4.68. The molecule has 4 heteroatoms. The number of hydrogen-bond donors (Lipinski definition) is 2. The van der Waals surface area contributed by atoms with E-state index in [1.807, 2.05) is 19.1 Å². The van der Waals surface area contributed by atoms with Crippen LogP contribution >= 0.6 is 12.2 Å². The zero-order valence-corrected chi connectivity index (χ0v) is 11.6. The van der Waals surface area contributed by atoms with Crippen molar-refractivity contribution in [2.24, 2.45) is 11.7 Å². The lowest BCUT2D eigenvalue weighted by molar-refractivity contribution is 0.566. The molecular weight excluding hydrogens is 230 g/mol. The molecule has 3 nitrogen and oxygen atoms in total. The molecule has 0 unspecified atom stereocenters. The summed E-state index contributed by atoms with van der Waals surface area (Å²) < 4.78 is 0. The van der Waals surface area contributed by atoms with Gasteiger partial charge >= 0.3 is 0 Å². The molecule has 0 aromatic carbocycles. The van der Waals surface area contributed by atoms with Gasteiger partial charge in [-0.1, -0.05) is 26.1 Å². The van der Waals surface area contributed by atoms with Crippen LogP contribution < -0.4 is 11.1 Å². The Hall–Kier alpha value is -1.16. The predicted octanol–water partition coefficient (Wildman–Crippen LogP) is 2.87. The Labute approximate surface area is 109 Å². The third kappa shape index (κ3) is 4.69. The summed E-state index contributed by atoms with van der Waals surface area (Å²) in [5, 5.41) is 3.31. The number of aromatic nitrogens is 1. The van der Waals surface area contributed by atoms with Crippen molar-refractivity contribution in [1.82, 2.24) is 4.98 Å². The molecule has 1 rings (SSSR count). The van der Waals surface area contributed by atoms with Gasteiger partial charge in [-0.25, -0.2) is 4.98 Å². The highest BCUT2D eigenvalue weighted by Gasteiger charge is 2.06. The molecular formula is C13H21N3S. The van der Waals surface area contributed by atoms with Crippen molar-refractivity contribution >= 4 is 23.0 Å². The van der Waals surface area contributed by atoms with Crippen LogP contribution in [-0.4, -0.2) is 16.5 Å². The molecule has 0 bridgehead atoms. The maximum Gasteiger partial charge on any atom is 0.136 e. The van der Waals surface area contributed by atoms with E-state index in [1.54, 1.807) is 0 Å². The maximum absolute atomic E-state index is 5.67. The first kappa shape index (κ1) is 13.9. The van der Waals surface area contributed by atoms with Gasteiger partial charge < -0.3 is 11.1 Å². The average molecular weight is 251 g/mol. The molecule has 0 aliphatic carbocycles. The third-order valence-electron chi connectivity index (χ3n) is 2.55. The van der Waals surface area contributed by atoms with Crippen LogP contribution in [0.15, 0.2) is 12.1 Å². The van der Waals surface area contributed by atoms with Crippen LogP contribution in [0.2, 0.25) is 0 Å². The lowest BCUT2D eigenvalue weighted by Crippen LogP contribution is -2.15. The second kappa shape index (κ2) is 6.55. The van der Waals surface area contributed by atoms with Crippen LogP contribution in [0.25, 0.3) is 0 Å². The van der Waals surface area contributed by atoms with Crippen molar-refractivity contribution < 1.29 is 0 Å². The maximum atomic E-state index is 5.67. The van der Waals surface area contributed by atoms with E-state index in [2.05, 4.69) is 24.1 Å². The number of aryl methyl sites for hydroxylation is 1. The van der Waals surface area contributed by atoms with Gasteiger partial charge in [-0.3, -0.25) is 0 Å². The van der Waals surface area contributed by atoms with Gasteiger partial charge in [0.25, 0.3) is 0 Å². The molecule has 0 aliphatic rings. The molecule has 17 heavy (non-hydrogen) atoms. The molecule has 0 saturated carbocycles. The zero-order chi connectivity index (χ0) is 12.8. The van der Waals surface area contributed by atoms with E-state index < -0.39 is 0 Å². The Morgan fingerprint density at radius 1 is 1.47 bits per heavy atom. The number of nitrogens with two attached hydrogens (primary N) is 1. The number of nitrogens with zero attached hydrogens (tertiary/aromatic N) is 1. The van der Waals surface area contributed by atoms with E-state index in [0.29, 0.717) is 4.99 Å². The number of anilines is 1. The van der Waals surface area contributed by atoms with Crippen LogP contribution in [0.3, 0.4) is 0 Å². The van der Waals surface area contributed by atoms with E-state index in [0.717, 1.165) is 36.0 Å². The smallest absolute Gasteiger partial charge is 0.136 e. The molecule has 0 atom stereocenters. The monoisotopic (exact) mass is 251 g/mol. The summed E-state index contributed by atoms with van der Waals surface area (Å²) in [6.45, 7) is 7.32. The Balaban J connectivity index is 2.62. The van der Waals surface area contributed by atoms with Crippen LogP contribution in [0, 0.1) is 12.8 Å². The minimum absolute atomic E-state index is 0.392. The van der Waals surface area contributed by atoms with Crippen molar-refractivity contribution in [3.05, 3.63) is 23.4 Å². The van der Waals surface area contributed by atoms with Crippen molar-refractivity contribution in [3.63, 3.8) is 0 Å². The fourth-order valence-electron chi connectivity index (χ4n) is 1.61. The standard InChI is InChI=1S/C13H21N3S/c1-9(2)5-4-8-15-13-11(12(14)17)7-6-10(3)16-13/h6-7,9H,4-5,8H2,1-3H3,(H2,14,17)(H,15,16). The predicted molar refractivity (Wildman–Crippen MR) is 77.4 cm³/mol. The Morgan fingerprint density at radius 3 is 2.76 bits per heavy atom. The summed E-state index contributed by atoms with van der Waals surface area (Å²) in [5.74, 6) is 1.54. The molecule has 0 saturated heterocycles. The minimum Gasteiger partial charge on any atom is -0.389 e. The highest BCUT2D eigenvalue weighted by atomic mass is 32.1. The molecule has 0 amide bonds. The summed E-state index contributed by atoms with van der Waals surface area (Å²) in [7, 11) is 0. The Bertz CT molecular complexity index is 388.